The molecular weight excluding hydrogens is 396 g/mol. The van der Waals surface area contributed by atoms with E-state index in [0.29, 0.717) is 0 Å². The first-order valence-electron chi connectivity index (χ1n) is 4.70. The maximum atomic E-state index is 4.49. The molecule has 0 amide bonds. The molecule has 1 aliphatic heterocycles. The van der Waals surface area contributed by atoms with Gasteiger partial charge in [0.15, 0.2) is 0 Å². The zero-order valence-electron chi connectivity index (χ0n) is 8.03. The molecule has 0 saturated carbocycles. The fraction of sp³-hybridized carbons (Fsp3) is 0. The predicted octanol–water partition coefficient (Wildman–Crippen LogP) is 2.18. The molecule has 3 rings (SSSR count). The number of hydrogen-bond donors (Lipinski definition) is 0. The van der Waals surface area contributed by atoms with E-state index in [2.05, 4.69) is 82.8 Å². The molecule has 1 aliphatic rings. The second-order valence-corrected chi connectivity index (χ2v) is 6.02. The first-order valence-corrected chi connectivity index (χ1v) is 7.21. The number of benzene rings is 2. The summed E-state index contributed by atoms with van der Waals surface area (Å²) in [7, 11) is 0. The molecule has 1 heterocycles. The van der Waals surface area contributed by atoms with Crippen molar-refractivity contribution in [1.82, 2.24) is 0 Å². The topological polar surface area (TPSA) is 12.4 Å². The Bertz CT molecular complexity index is 661. The summed E-state index contributed by atoms with van der Waals surface area (Å²) in [6, 6.07) is 10.4. The van der Waals surface area contributed by atoms with Gasteiger partial charge in [0, 0.05) is 0 Å². The van der Waals surface area contributed by atoms with Crippen molar-refractivity contribution in [2.75, 3.05) is 0 Å². The van der Waals surface area contributed by atoms with Gasteiger partial charge in [-0.3, -0.25) is 0 Å². The standard InChI is InChI=1S/C12H5BrNSe2/c13-9-5-4-8-10-6(9)2-1-3-7(10)11(15)14-12(8)16/h1-5H. The molecule has 0 bridgehead atoms. The van der Waals surface area contributed by atoms with Gasteiger partial charge in [0.2, 0.25) is 0 Å². The van der Waals surface area contributed by atoms with Crippen LogP contribution in [0.2, 0.25) is 0 Å². The molecule has 4 heteroatoms. The van der Waals surface area contributed by atoms with Crippen LogP contribution in [0, 0.1) is 0 Å². The summed E-state index contributed by atoms with van der Waals surface area (Å²) < 4.78 is 3.02. The van der Waals surface area contributed by atoms with E-state index in [-0.39, 0.29) is 0 Å². The fourth-order valence-electron chi connectivity index (χ4n) is 1.94. The average molecular weight is 401 g/mol. The molecule has 0 aliphatic carbocycles. The number of nitrogens with zero attached hydrogens (tertiary/aromatic N) is 1. The Morgan fingerprint density at radius 3 is 2.69 bits per heavy atom. The van der Waals surface area contributed by atoms with Crippen molar-refractivity contribution in [3.63, 3.8) is 0 Å². The van der Waals surface area contributed by atoms with Crippen molar-refractivity contribution in [3.8, 4) is 0 Å². The van der Waals surface area contributed by atoms with Gasteiger partial charge in [-0.05, 0) is 0 Å². The van der Waals surface area contributed by atoms with Crippen LogP contribution in [-0.2, 0) is 0 Å². The van der Waals surface area contributed by atoms with Crippen LogP contribution >= 0.6 is 15.9 Å². The van der Waals surface area contributed by atoms with Crippen molar-refractivity contribution >= 4 is 67.4 Å². The van der Waals surface area contributed by atoms with Gasteiger partial charge >= 0.3 is 118 Å². The van der Waals surface area contributed by atoms with Gasteiger partial charge in [-0.2, -0.15) is 0 Å². The normalized spacial score (nSPS) is 14.1. The van der Waals surface area contributed by atoms with E-state index in [4.69, 9.17) is 0 Å². The van der Waals surface area contributed by atoms with Crippen molar-refractivity contribution in [2.45, 2.75) is 0 Å². The molecule has 77 valence electrons. The second kappa shape index (κ2) is 3.90. The zero-order chi connectivity index (χ0) is 11.3. The second-order valence-electron chi connectivity index (χ2n) is 3.55. The van der Waals surface area contributed by atoms with Gasteiger partial charge in [-0.1, -0.05) is 0 Å². The predicted molar refractivity (Wildman–Crippen MR) is 73.8 cm³/mol. The Morgan fingerprint density at radius 1 is 1.06 bits per heavy atom. The fourth-order valence-corrected chi connectivity index (χ4v) is 3.79. The summed E-state index contributed by atoms with van der Waals surface area (Å²) in [6.07, 6.45) is 0. The maximum absolute atomic E-state index is 4.49. The Morgan fingerprint density at radius 2 is 1.88 bits per heavy atom. The molecule has 16 heavy (non-hydrogen) atoms. The van der Waals surface area contributed by atoms with Crippen LogP contribution in [0.3, 0.4) is 0 Å². The molecule has 0 atom stereocenters. The van der Waals surface area contributed by atoms with Crippen molar-refractivity contribution < 1.29 is 0 Å². The molecule has 2 aromatic rings. The first-order chi connectivity index (χ1) is 7.68. The Balaban J connectivity index is 2.58. The van der Waals surface area contributed by atoms with E-state index in [0.717, 1.165) is 13.6 Å². The van der Waals surface area contributed by atoms with Crippen LogP contribution < -0.4 is 0 Å². The quantitative estimate of drug-likeness (QED) is 0.601. The summed E-state index contributed by atoms with van der Waals surface area (Å²) >= 11 is 9.64. The first kappa shape index (κ1) is 10.9. The summed E-state index contributed by atoms with van der Waals surface area (Å²) in [5.41, 5.74) is 2.35. The third kappa shape index (κ3) is 1.49. The van der Waals surface area contributed by atoms with Crippen LogP contribution in [0.25, 0.3) is 10.8 Å². The molecule has 0 fully saturated rings. The number of halogens is 1. The van der Waals surface area contributed by atoms with Gasteiger partial charge in [0.1, 0.15) is 0 Å². The van der Waals surface area contributed by atoms with E-state index in [1.54, 1.807) is 0 Å². The van der Waals surface area contributed by atoms with E-state index in [1.165, 1.54) is 21.9 Å². The molecule has 0 aromatic heterocycles. The molecule has 0 spiro atoms. The van der Waals surface area contributed by atoms with E-state index >= 15 is 0 Å². The van der Waals surface area contributed by atoms with Gasteiger partial charge in [0.05, 0.1) is 0 Å². The van der Waals surface area contributed by atoms with Gasteiger partial charge in [-0.15, -0.1) is 0 Å². The summed E-state index contributed by atoms with van der Waals surface area (Å²) in [5.74, 6) is 0. The summed E-state index contributed by atoms with van der Waals surface area (Å²) in [5, 5.41) is 2.49. The van der Waals surface area contributed by atoms with Crippen LogP contribution in [0.5, 0.6) is 0 Å². The number of aliphatic imine (C=N–C) groups is 1. The summed E-state index contributed by atoms with van der Waals surface area (Å²) in [4.78, 5) is 4.49. The van der Waals surface area contributed by atoms with E-state index in [9.17, 15) is 0 Å². The van der Waals surface area contributed by atoms with Gasteiger partial charge in [-0.25, -0.2) is 0 Å². The molecule has 0 N–H and O–H groups in total. The van der Waals surface area contributed by atoms with Crippen LogP contribution in [0.15, 0.2) is 39.8 Å². The monoisotopic (exact) mass is 402 g/mol. The Hall–Kier alpha value is -0.241. The van der Waals surface area contributed by atoms with Crippen molar-refractivity contribution in [3.05, 3.63) is 45.9 Å². The molecule has 0 saturated heterocycles. The molecular formula is C12H5BrNSe2. The third-order valence-electron chi connectivity index (χ3n) is 2.65. The van der Waals surface area contributed by atoms with Crippen LogP contribution in [0.1, 0.15) is 11.1 Å². The number of rotatable bonds is 0. The molecule has 1 nitrogen and oxygen atoms in total. The Labute approximate surface area is 118 Å². The minimum atomic E-state index is 0.949. The van der Waals surface area contributed by atoms with Gasteiger partial charge < -0.3 is 0 Å². The zero-order valence-corrected chi connectivity index (χ0v) is 13.0. The van der Waals surface area contributed by atoms with Crippen molar-refractivity contribution in [2.24, 2.45) is 4.99 Å². The third-order valence-corrected chi connectivity index (χ3v) is 4.65. The molecule has 0 unspecified atom stereocenters. The van der Waals surface area contributed by atoms with Crippen molar-refractivity contribution in [1.29, 1.82) is 0 Å². The van der Waals surface area contributed by atoms with Crippen LogP contribution in [-0.4, -0.2) is 40.7 Å². The SMILES string of the molecule is [Se]C1=NC(=[Se])c2ccc(Br)c3cccc1c23. The van der Waals surface area contributed by atoms with E-state index < -0.39 is 0 Å². The van der Waals surface area contributed by atoms with Gasteiger partial charge in [0.25, 0.3) is 0 Å². The Kier molecular flexibility index (Phi) is 2.65. The van der Waals surface area contributed by atoms with Crippen LogP contribution in [0.4, 0.5) is 0 Å². The summed E-state index contributed by atoms with van der Waals surface area (Å²) in [6.45, 7) is 0. The molecule has 1 radical (unpaired) electrons. The molecule has 2 aromatic carbocycles. The number of hydrogen-bond acceptors (Lipinski definition) is 1. The minimum absolute atomic E-state index is 0.949. The average Bonchev–Trinajstić information content (AvgIpc) is 2.27. The van der Waals surface area contributed by atoms with E-state index in [1.807, 2.05) is 0 Å².